The van der Waals surface area contributed by atoms with Crippen LogP contribution in [0.3, 0.4) is 0 Å². The number of thiophene rings is 1. The molecular weight excluding hydrogens is 478 g/mol. The number of benzene rings is 6. The minimum absolute atomic E-state index is 0.201. The van der Waals surface area contributed by atoms with E-state index in [-0.39, 0.29) is 35.8 Å². The van der Waals surface area contributed by atoms with Crippen molar-refractivity contribution in [3.05, 3.63) is 145 Å². The molecule has 38 heavy (non-hydrogen) atoms. The minimum Gasteiger partial charge on any atom is -0.356 e. The lowest BCUT2D eigenvalue weighted by Crippen LogP contribution is -1.90. The van der Waals surface area contributed by atoms with Crippen LogP contribution in [0.1, 0.15) is 6.85 Å². The quantitative estimate of drug-likeness (QED) is 0.244. The van der Waals surface area contributed by atoms with E-state index in [1.54, 1.807) is 12.1 Å². The molecule has 1 N–H and O–H groups in total. The normalized spacial score (nSPS) is 13.0. The van der Waals surface area contributed by atoms with Crippen LogP contribution < -0.4 is 5.32 Å². The second-order valence-corrected chi connectivity index (χ2v) is 10.2. The maximum atomic E-state index is 8.22. The van der Waals surface area contributed by atoms with Crippen molar-refractivity contribution in [3.63, 3.8) is 0 Å². The van der Waals surface area contributed by atoms with Gasteiger partial charge in [0.15, 0.2) is 0 Å². The number of hydrogen-bond acceptors (Lipinski definition) is 2. The van der Waals surface area contributed by atoms with Gasteiger partial charge in [0.1, 0.15) is 0 Å². The summed E-state index contributed by atoms with van der Waals surface area (Å²) < 4.78 is 42.7. The molecule has 0 saturated heterocycles. The summed E-state index contributed by atoms with van der Waals surface area (Å²) >= 11 is 1.84. The maximum absolute atomic E-state index is 8.22. The first kappa shape index (κ1) is 17.7. The zero-order chi connectivity index (χ0) is 29.7. The van der Waals surface area contributed by atoms with Gasteiger partial charge in [-0.05, 0) is 63.7 Å². The molecule has 0 unspecified atom stereocenters. The molecule has 0 aliphatic carbocycles. The highest BCUT2D eigenvalue weighted by molar-refractivity contribution is 7.26. The molecular formula is C36H25NS. The number of fused-ring (bicyclic) bond motifs is 3. The smallest absolute Gasteiger partial charge is 0.0629 e. The van der Waals surface area contributed by atoms with E-state index in [0.717, 1.165) is 22.5 Å². The molecule has 0 aliphatic heterocycles. The summed E-state index contributed by atoms with van der Waals surface area (Å²) in [6.45, 7) is 0. The van der Waals surface area contributed by atoms with Gasteiger partial charge in [-0.3, -0.25) is 0 Å². The first-order chi connectivity index (χ1) is 20.9. The van der Waals surface area contributed by atoms with E-state index >= 15 is 0 Å². The Morgan fingerprint density at radius 2 is 1.03 bits per heavy atom. The van der Waals surface area contributed by atoms with Crippen molar-refractivity contribution in [1.82, 2.24) is 0 Å². The van der Waals surface area contributed by atoms with Gasteiger partial charge < -0.3 is 5.32 Å². The molecule has 0 bridgehead atoms. The predicted octanol–water partition coefficient (Wildman–Crippen LogP) is 10.8. The molecule has 0 spiro atoms. The summed E-state index contributed by atoms with van der Waals surface area (Å²) in [7, 11) is 0. The molecule has 180 valence electrons. The highest BCUT2D eigenvalue weighted by atomic mass is 32.1. The monoisotopic (exact) mass is 508 g/mol. The fourth-order valence-electron chi connectivity index (χ4n) is 4.84. The van der Waals surface area contributed by atoms with E-state index in [9.17, 15) is 0 Å². The summed E-state index contributed by atoms with van der Waals surface area (Å²) in [5, 5.41) is 5.99. The van der Waals surface area contributed by atoms with Crippen molar-refractivity contribution in [3.8, 4) is 33.4 Å². The molecule has 7 aromatic rings. The van der Waals surface area contributed by atoms with E-state index in [4.69, 9.17) is 6.85 Å². The zero-order valence-electron chi connectivity index (χ0n) is 25.4. The summed E-state index contributed by atoms with van der Waals surface area (Å²) in [5.74, 6) is 0. The van der Waals surface area contributed by atoms with Gasteiger partial charge in [-0.1, -0.05) is 115 Å². The summed E-state index contributed by atoms with van der Waals surface area (Å²) in [5.41, 5.74) is 7.25. The second-order valence-electron chi connectivity index (χ2n) is 9.14. The zero-order valence-corrected chi connectivity index (χ0v) is 21.2. The van der Waals surface area contributed by atoms with Gasteiger partial charge in [0.25, 0.3) is 0 Å². The molecule has 1 nitrogen and oxygen atoms in total. The Morgan fingerprint density at radius 3 is 1.71 bits per heavy atom. The highest BCUT2D eigenvalue weighted by Crippen LogP contribution is 2.40. The third kappa shape index (κ3) is 4.26. The number of rotatable bonds is 5. The van der Waals surface area contributed by atoms with E-state index in [0.29, 0.717) is 5.56 Å². The molecule has 0 atom stereocenters. The average Bonchev–Trinajstić information content (AvgIpc) is 3.43. The Hall–Kier alpha value is -4.66. The first-order valence-corrected chi connectivity index (χ1v) is 13.3. The lowest BCUT2D eigenvalue weighted by molar-refractivity contribution is 1.53. The number of anilines is 2. The molecule has 0 amide bonds. The fraction of sp³-hybridized carbons (Fsp3) is 0. The third-order valence-corrected chi connectivity index (χ3v) is 8.00. The lowest BCUT2D eigenvalue weighted by Gasteiger charge is -2.10. The minimum atomic E-state index is -0.388. The third-order valence-electron chi connectivity index (χ3n) is 6.78. The van der Waals surface area contributed by atoms with Crippen LogP contribution in [0, 0.1) is 0 Å². The fourth-order valence-corrected chi connectivity index (χ4v) is 6.08. The molecule has 0 fully saturated rings. The molecule has 7 rings (SSSR count). The van der Waals surface area contributed by atoms with Crippen molar-refractivity contribution in [1.29, 1.82) is 0 Å². The molecule has 6 aromatic carbocycles. The Balaban J connectivity index is 1.09. The topological polar surface area (TPSA) is 12.0 Å². The Labute approximate surface area is 233 Å². The Kier molecular flexibility index (Phi) is 4.51. The average molecular weight is 509 g/mol. The molecule has 0 aliphatic rings. The summed E-state index contributed by atoms with van der Waals surface area (Å²) in [6, 6.07) is 37.9. The molecule has 0 saturated carbocycles. The van der Waals surface area contributed by atoms with E-state index in [1.165, 1.54) is 31.3 Å². The maximum Gasteiger partial charge on any atom is 0.0629 e. The lowest BCUT2D eigenvalue weighted by atomic mass is 9.99. The Morgan fingerprint density at radius 1 is 0.474 bits per heavy atom. The van der Waals surface area contributed by atoms with Crippen LogP contribution >= 0.6 is 11.3 Å². The number of nitrogens with one attached hydrogen (secondary N) is 1. The van der Waals surface area contributed by atoms with Crippen LogP contribution in [-0.4, -0.2) is 0 Å². The van der Waals surface area contributed by atoms with Crippen molar-refractivity contribution in [2.75, 3.05) is 5.32 Å². The summed E-state index contributed by atoms with van der Waals surface area (Å²) in [6.07, 6.45) is 0. The molecule has 2 heteroatoms. The SMILES string of the molecule is [2H]c1c([2H])c([2H])c(-c2ccc(Nc3ccc(-c4ccc(-c5cccc6c5sc5ccccc56)cc4)cc3)cc2)c([2H])c1[2H]. The van der Waals surface area contributed by atoms with Crippen molar-refractivity contribution in [2.24, 2.45) is 0 Å². The van der Waals surface area contributed by atoms with Gasteiger partial charge in [-0.15, -0.1) is 11.3 Å². The van der Waals surface area contributed by atoms with Gasteiger partial charge in [0.05, 0.1) is 6.85 Å². The van der Waals surface area contributed by atoms with Crippen LogP contribution in [0.4, 0.5) is 11.4 Å². The van der Waals surface area contributed by atoms with E-state index in [1.807, 2.05) is 35.6 Å². The van der Waals surface area contributed by atoms with Crippen LogP contribution in [0.15, 0.2) is 145 Å². The highest BCUT2D eigenvalue weighted by Gasteiger charge is 2.10. The van der Waals surface area contributed by atoms with Gasteiger partial charge in [-0.25, -0.2) is 0 Å². The van der Waals surface area contributed by atoms with E-state index < -0.39 is 0 Å². The second kappa shape index (κ2) is 9.66. The van der Waals surface area contributed by atoms with Crippen LogP contribution in [0.25, 0.3) is 53.6 Å². The summed E-state index contributed by atoms with van der Waals surface area (Å²) in [4.78, 5) is 0. The van der Waals surface area contributed by atoms with Crippen molar-refractivity contribution >= 4 is 42.9 Å². The first-order valence-electron chi connectivity index (χ1n) is 14.9. The van der Waals surface area contributed by atoms with E-state index in [2.05, 4.69) is 84.2 Å². The standard InChI is InChI=1S/C36H25NS/c1-2-7-25(8-3-1)27-17-21-30(22-18-27)37-31-23-19-28(20-24-31)26-13-15-29(16-14-26)32-10-6-11-34-33-9-4-5-12-35(33)38-36(32)34/h1-24,37H/i1D,2D,3D,7D,8D. The van der Waals surface area contributed by atoms with Gasteiger partial charge in [-0.2, -0.15) is 0 Å². The molecule has 0 radical (unpaired) electrons. The van der Waals surface area contributed by atoms with Crippen molar-refractivity contribution < 1.29 is 6.85 Å². The van der Waals surface area contributed by atoms with Gasteiger partial charge in [0, 0.05) is 31.5 Å². The molecule has 1 aromatic heterocycles. The van der Waals surface area contributed by atoms with Crippen LogP contribution in [-0.2, 0) is 0 Å². The van der Waals surface area contributed by atoms with Crippen molar-refractivity contribution in [2.45, 2.75) is 0 Å². The van der Waals surface area contributed by atoms with Gasteiger partial charge >= 0.3 is 0 Å². The van der Waals surface area contributed by atoms with Gasteiger partial charge in [0.2, 0.25) is 0 Å². The van der Waals surface area contributed by atoms with Crippen LogP contribution in [0.5, 0.6) is 0 Å². The predicted molar refractivity (Wildman–Crippen MR) is 165 cm³/mol. The molecule has 1 heterocycles. The number of hydrogen-bond donors (Lipinski definition) is 1. The largest absolute Gasteiger partial charge is 0.356 e. The Bertz CT molecular complexity index is 2100. The van der Waals surface area contributed by atoms with Crippen LogP contribution in [0.2, 0.25) is 0 Å².